The first-order chi connectivity index (χ1) is 13.8. The van der Waals surface area contributed by atoms with Crippen molar-refractivity contribution in [3.63, 3.8) is 0 Å². The van der Waals surface area contributed by atoms with Gasteiger partial charge in [-0.1, -0.05) is 45.0 Å². The number of halogens is 1. The molecule has 3 aromatic rings. The lowest BCUT2D eigenvalue weighted by Gasteiger charge is -2.21. The lowest BCUT2D eigenvalue weighted by Crippen LogP contribution is -2.31. The Morgan fingerprint density at radius 3 is 2.48 bits per heavy atom. The highest BCUT2D eigenvalue weighted by atomic mass is 19.1. The van der Waals surface area contributed by atoms with E-state index >= 15 is 0 Å². The number of aromatic nitrogens is 2. The molecule has 5 heteroatoms. The number of phenols is 1. The van der Waals surface area contributed by atoms with Crippen LogP contribution in [0.4, 0.5) is 4.39 Å². The number of hydrogen-bond acceptors (Lipinski definition) is 3. The molecule has 0 saturated heterocycles. The average Bonchev–Trinajstić information content (AvgIpc) is 2.67. The van der Waals surface area contributed by atoms with Crippen LogP contribution in [0.1, 0.15) is 43.5 Å². The van der Waals surface area contributed by atoms with Gasteiger partial charge < -0.3 is 5.11 Å². The van der Waals surface area contributed by atoms with Crippen LogP contribution in [0.2, 0.25) is 0 Å². The van der Waals surface area contributed by atoms with Crippen molar-refractivity contribution in [3.8, 4) is 17.1 Å². The Hall–Kier alpha value is -2.95. The van der Waals surface area contributed by atoms with Crippen molar-refractivity contribution in [1.82, 2.24) is 9.55 Å². The minimum Gasteiger partial charge on any atom is -0.507 e. The summed E-state index contributed by atoms with van der Waals surface area (Å²) in [5.74, 6) is 0.543. The molecule has 0 amide bonds. The van der Waals surface area contributed by atoms with Gasteiger partial charge in [0.2, 0.25) is 0 Å². The van der Waals surface area contributed by atoms with Crippen LogP contribution in [-0.2, 0) is 13.0 Å². The number of hydrogen-bond donors (Lipinski definition) is 1. The van der Waals surface area contributed by atoms with Gasteiger partial charge >= 0.3 is 0 Å². The molecule has 0 aliphatic rings. The standard InChI is InChI=1S/C24H27FN2O2/c1-15(2)16(3)22-17(4)26-23(20-10-5-6-11-21(20)28)27(24(22)29)13-12-18-8-7-9-19(25)14-18/h5-11,14-16,28H,12-13H2,1-4H3. The van der Waals surface area contributed by atoms with Crippen LogP contribution in [0.15, 0.2) is 53.3 Å². The Balaban J connectivity index is 2.15. The first-order valence-corrected chi connectivity index (χ1v) is 9.93. The summed E-state index contributed by atoms with van der Waals surface area (Å²) in [5, 5.41) is 10.4. The van der Waals surface area contributed by atoms with Gasteiger partial charge in [-0.2, -0.15) is 0 Å². The highest BCUT2D eigenvalue weighted by Gasteiger charge is 2.22. The predicted octanol–water partition coefficient (Wildman–Crippen LogP) is 5.07. The van der Waals surface area contributed by atoms with Gasteiger partial charge in [0.15, 0.2) is 0 Å². The Labute approximate surface area is 170 Å². The smallest absolute Gasteiger partial charge is 0.257 e. The second-order valence-electron chi connectivity index (χ2n) is 7.82. The van der Waals surface area contributed by atoms with Crippen molar-refractivity contribution < 1.29 is 9.50 Å². The molecule has 4 nitrogen and oxygen atoms in total. The topological polar surface area (TPSA) is 55.1 Å². The molecule has 0 bridgehead atoms. The normalized spacial score (nSPS) is 12.3. The molecule has 1 aromatic heterocycles. The number of rotatable bonds is 6. The minimum absolute atomic E-state index is 0.0499. The van der Waals surface area contributed by atoms with Gasteiger partial charge in [-0.25, -0.2) is 9.37 Å². The van der Waals surface area contributed by atoms with Crippen LogP contribution in [0, 0.1) is 18.7 Å². The van der Waals surface area contributed by atoms with Gasteiger partial charge in [0.05, 0.1) is 5.56 Å². The monoisotopic (exact) mass is 394 g/mol. The summed E-state index contributed by atoms with van der Waals surface area (Å²) < 4.78 is 15.2. The maximum atomic E-state index is 13.6. The molecule has 29 heavy (non-hydrogen) atoms. The lowest BCUT2D eigenvalue weighted by atomic mass is 9.90. The van der Waals surface area contributed by atoms with E-state index in [1.165, 1.54) is 12.1 Å². The molecule has 1 heterocycles. The highest BCUT2D eigenvalue weighted by molar-refractivity contribution is 5.64. The van der Waals surface area contributed by atoms with E-state index in [2.05, 4.69) is 13.8 Å². The largest absolute Gasteiger partial charge is 0.507 e. The lowest BCUT2D eigenvalue weighted by molar-refractivity contribution is 0.475. The second kappa shape index (κ2) is 8.60. The van der Waals surface area contributed by atoms with Gasteiger partial charge in [-0.3, -0.25) is 9.36 Å². The van der Waals surface area contributed by atoms with Gasteiger partial charge in [0.1, 0.15) is 17.4 Å². The number of aryl methyl sites for hydroxylation is 2. The third-order valence-corrected chi connectivity index (χ3v) is 5.51. The molecule has 1 N–H and O–H groups in total. The van der Waals surface area contributed by atoms with Gasteiger partial charge in [0, 0.05) is 17.8 Å². The fourth-order valence-corrected chi connectivity index (χ4v) is 3.54. The van der Waals surface area contributed by atoms with E-state index in [1.54, 1.807) is 34.9 Å². The van der Waals surface area contributed by atoms with E-state index in [1.807, 2.05) is 19.9 Å². The number of aromatic hydroxyl groups is 1. The number of para-hydroxylation sites is 1. The Morgan fingerprint density at radius 1 is 1.10 bits per heavy atom. The summed E-state index contributed by atoms with van der Waals surface area (Å²) in [6, 6.07) is 13.3. The van der Waals surface area contributed by atoms with Gasteiger partial charge in [0.25, 0.3) is 5.56 Å². The molecule has 0 aliphatic heterocycles. The van der Waals surface area contributed by atoms with Crippen LogP contribution in [0.3, 0.4) is 0 Å². The average molecular weight is 394 g/mol. The zero-order valence-electron chi connectivity index (χ0n) is 17.3. The quantitative estimate of drug-likeness (QED) is 0.635. The molecular formula is C24H27FN2O2. The van der Waals surface area contributed by atoms with E-state index in [0.717, 1.165) is 5.56 Å². The molecular weight excluding hydrogens is 367 g/mol. The summed E-state index contributed by atoms with van der Waals surface area (Å²) in [7, 11) is 0. The summed E-state index contributed by atoms with van der Waals surface area (Å²) in [6.45, 7) is 8.38. The predicted molar refractivity (Wildman–Crippen MR) is 114 cm³/mol. The number of phenolic OH excluding ortho intramolecular Hbond substituents is 1. The van der Waals surface area contributed by atoms with Crippen molar-refractivity contribution in [2.45, 2.75) is 46.6 Å². The van der Waals surface area contributed by atoms with Crippen molar-refractivity contribution in [3.05, 3.63) is 81.5 Å². The van der Waals surface area contributed by atoms with Crippen LogP contribution in [0.5, 0.6) is 5.75 Å². The minimum atomic E-state index is -0.299. The molecule has 0 aliphatic carbocycles. The summed E-state index contributed by atoms with van der Waals surface area (Å²) in [5.41, 5.74) is 2.58. The van der Waals surface area contributed by atoms with Crippen LogP contribution in [0.25, 0.3) is 11.4 Å². The first-order valence-electron chi connectivity index (χ1n) is 9.93. The molecule has 1 atom stereocenters. The van der Waals surface area contributed by atoms with E-state index in [-0.39, 0.29) is 29.0 Å². The van der Waals surface area contributed by atoms with Crippen molar-refractivity contribution in [1.29, 1.82) is 0 Å². The van der Waals surface area contributed by atoms with Gasteiger partial charge in [-0.15, -0.1) is 0 Å². The van der Waals surface area contributed by atoms with Crippen LogP contribution in [-0.4, -0.2) is 14.7 Å². The van der Waals surface area contributed by atoms with Crippen LogP contribution >= 0.6 is 0 Å². The summed E-state index contributed by atoms with van der Waals surface area (Å²) in [6.07, 6.45) is 0.485. The van der Waals surface area contributed by atoms with Crippen molar-refractivity contribution in [2.75, 3.05) is 0 Å². The molecule has 0 fully saturated rings. The van der Waals surface area contributed by atoms with E-state index in [9.17, 15) is 14.3 Å². The third-order valence-electron chi connectivity index (χ3n) is 5.51. The Morgan fingerprint density at radius 2 is 1.83 bits per heavy atom. The number of benzene rings is 2. The zero-order valence-corrected chi connectivity index (χ0v) is 17.3. The fraction of sp³-hybridized carbons (Fsp3) is 0.333. The molecule has 1 unspecified atom stereocenters. The fourth-order valence-electron chi connectivity index (χ4n) is 3.54. The number of nitrogens with zero attached hydrogens (tertiary/aromatic N) is 2. The van der Waals surface area contributed by atoms with E-state index in [4.69, 9.17) is 4.98 Å². The SMILES string of the molecule is Cc1nc(-c2ccccc2O)n(CCc2cccc(F)c2)c(=O)c1C(C)C(C)C. The molecule has 0 radical (unpaired) electrons. The maximum absolute atomic E-state index is 13.6. The summed E-state index contributed by atoms with van der Waals surface area (Å²) in [4.78, 5) is 18.2. The highest BCUT2D eigenvalue weighted by Crippen LogP contribution is 2.29. The molecule has 0 spiro atoms. The molecule has 152 valence electrons. The maximum Gasteiger partial charge on any atom is 0.257 e. The molecule has 3 rings (SSSR count). The third kappa shape index (κ3) is 4.39. The van der Waals surface area contributed by atoms with Gasteiger partial charge in [-0.05, 0) is 55.0 Å². The van der Waals surface area contributed by atoms with Crippen LogP contribution < -0.4 is 5.56 Å². The first kappa shape index (κ1) is 20.8. The summed E-state index contributed by atoms with van der Waals surface area (Å²) >= 11 is 0. The Bertz CT molecular complexity index is 1070. The van der Waals surface area contributed by atoms with Crippen molar-refractivity contribution >= 4 is 0 Å². The van der Waals surface area contributed by atoms with Crippen molar-refractivity contribution in [2.24, 2.45) is 5.92 Å². The zero-order chi connectivity index (χ0) is 21.1. The van der Waals surface area contributed by atoms with E-state index in [0.29, 0.717) is 35.6 Å². The molecule has 2 aromatic carbocycles. The second-order valence-corrected chi connectivity index (χ2v) is 7.82. The van der Waals surface area contributed by atoms with E-state index < -0.39 is 0 Å². The molecule has 0 saturated carbocycles. The Kier molecular flexibility index (Phi) is 6.16.